The summed E-state index contributed by atoms with van der Waals surface area (Å²) in [5, 5.41) is 17.0. The molecular weight excluding hydrogens is 553 g/mol. The fourth-order valence-electron chi connectivity index (χ4n) is 2.99. The first-order chi connectivity index (χ1) is 16.3. The number of nitro benzene ring substituents is 1. The van der Waals surface area contributed by atoms with Crippen LogP contribution in [0.15, 0.2) is 72.4 Å². The van der Waals surface area contributed by atoms with E-state index in [4.69, 9.17) is 9.47 Å². The summed E-state index contributed by atoms with van der Waals surface area (Å²) in [6, 6.07) is 17.9. The Bertz CT molecular complexity index is 1240. The van der Waals surface area contributed by atoms with Crippen LogP contribution in [0.3, 0.4) is 0 Å². The molecule has 0 bridgehead atoms. The van der Waals surface area contributed by atoms with E-state index in [0.717, 1.165) is 3.57 Å². The van der Waals surface area contributed by atoms with Crippen LogP contribution in [0.5, 0.6) is 11.5 Å². The average molecular weight is 573 g/mol. The maximum atomic E-state index is 13.1. The number of rotatable bonds is 8. The van der Waals surface area contributed by atoms with E-state index in [1.54, 1.807) is 54.6 Å². The Morgan fingerprint density at radius 2 is 1.59 bits per heavy atom. The summed E-state index contributed by atoms with van der Waals surface area (Å²) in [6.45, 7) is 0. The molecule has 0 aromatic heterocycles. The Hall–Kier alpha value is -3.93. The lowest BCUT2D eigenvalue weighted by Crippen LogP contribution is -2.30. The van der Waals surface area contributed by atoms with Crippen molar-refractivity contribution in [3.05, 3.63) is 97.2 Å². The number of nitrogens with zero attached hydrogens (tertiary/aromatic N) is 1. The molecule has 0 spiro atoms. The molecule has 2 amide bonds. The number of benzene rings is 3. The molecule has 3 aromatic rings. The largest absolute Gasteiger partial charge is 0.493 e. The van der Waals surface area contributed by atoms with E-state index < -0.39 is 16.7 Å². The summed E-state index contributed by atoms with van der Waals surface area (Å²) < 4.78 is 11.4. The van der Waals surface area contributed by atoms with Gasteiger partial charge in [-0.05, 0) is 71.1 Å². The number of hydrogen-bond acceptors (Lipinski definition) is 6. The first-order valence-electron chi connectivity index (χ1n) is 9.87. The van der Waals surface area contributed by atoms with Gasteiger partial charge in [0.05, 0.1) is 30.8 Å². The Morgan fingerprint density at radius 3 is 2.18 bits per heavy atom. The maximum Gasteiger partial charge on any atom is 0.280 e. The van der Waals surface area contributed by atoms with Gasteiger partial charge in [-0.2, -0.15) is 0 Å². The van der Waals surface area contributed by atoms with Gasteiger partial charge in [-0.1, -0.05) is 18.2 Å². The van der Waals surface area contributed by atoms with Crippen molar-refractivity contribution < 1.29 is 24.0 Å². The van der Waals surface area contributed by atoms with Crippen LogP contribution in [0, 0.1) is 13.7 Å². The molecule has 0 aliphatic carbocycles. The van der Waals surface area contributed by atoms with Crippen molar-refractivity contribution in [2.75, 3.05) is 19.5 Å². The highest BCUT2D eigenvalue weighted by molar-refractivity contribution is 14.1. The minimum Gasteiger partial charge on any atom is -0.493 e. The highest BCUT2D eigenvalue weighted by Crippen LogP contribution is 2.35. The van der Waals surface area contributed by atoms with Gasteiger partial charge in [0.2, 0.25) is 0 Å². The SMILES string of the molecule is COc1cc(C=C(NC(=O)c2ccccc2)C(=O)Nc2ccc(I)cc2)c([N+](=O)[O-])cc1OC. The molecule has 2 N–H and O–H groups in total. The van der Waals surface area contributed by atoms with Crippen LogP contribution >= 0.6 is 22.6 Å². The van der Waals surface area contributed by atoms with E-state index in [-0.39, 0.29) is 28.4 Å². The first-order valence-corrected chi connectivity index (χ1v) is 11.0. The van der Waals surface area contributed by atoms with Crippen LogP contribution in [-0.4, -0.2) is 31.0 Å². The molecule has 3 aromatic carbocycles. The Labute approximate surface area is 209 Å². The molecule has 3 rings (SSSR count). The van der Waals surface area contributed by atoms with Crippen molar-refractivity contribution in [1.29, 1.82) is 0 Å². The van der Waals surface area contributed by atoms with Crippen LogP contribution in [0.4, 0.5) is 11.4 Å². The van der Waals surface area contributed by atoms with Crippen molar-refractivity contribution in [1.82, 2.24) is 5.32 Å². The Balaban J connectivity index is 2.06. The second-order valence-electron chi connectivity index (χ2n) is 6.86. The summed E-state index contributed by atoms with van der Waals surface area (Å²) in [7, 11) is 2.75. The third-order valence-corrected chi connectivity index (χ3v) is 5.38. The number of amides is 2. The minimum atomic E-state index is -0.658. The fraction of sp³-hybridized carbons (Fsp3) is 0.0833. The van der Waals surface area contributed by atoms with Gasteiger partial charge >= 0.3 is 0 Å². The zero-order chi connectivity index (χ0) is 24.7. The Kier molecular flexibility index (Phi) is 8.19. The number of hydrogen-bond donors (Lipinski definition) is 2. The van der Waals surface area contributed by atoms with Crippen molar-refractivity contribution in [3.63, 3.8) is 0 Å². The van der Waals surface area contributed by atoms with Crippen molar-refractivity contribution >= 4 is 51.9 Å². The van der Waals surface area contributed by atoms with Gasteiger partial charge in [0, 0.05) is 14.8 Å². The van der Waals surface area contributed by atoms with E-state index in [0.29, 0.717) is 11.3 Å². The second kappa shape index (κ2) is 11.3. The second-order valence-corrected chi connectivity index (χ2v) is 8.11. The first kappa shape index (κ1) is 24.7. The maximum absolute atomic E-state index is 13.1. The number of nitro groups is 1. The number of anilines is 1. The van der Waals surface area contributed by atoms with E-state index in [1.165, 1.54) is 32.4 Å². The Morgan fingerprint density at radius 1 is 0.971 bits per heavy atom. The fourth-order valence-corrected chi connectivity index (χ4v) is 3.35. The lowest BCUT2D eigenvalue weighted by Gasteiger charge is -2.13. The van der Waals surface area contributed by atoms with Crippen molar-refractivity contribution in [2.24, 2.45) is 0 Å². The minimum absolute atomic E-state index is 0.0452. The van der Waals surface area contributed by atoms with Gasteiger partial charge in [-0.3, -0.25) is 19.7 Å². The van der Waals surface area contributed by atoms with Crippen molar-refractivity contribution in [3.8, 4) is 11.5 Å². The molecule has 0 aliphatic rings. The molecule has 34 heavy (non-hydrogen) atoms. The predicted octanol–water partition coefficient (Wildman–Crippen LogP) is 4.63. The van der Waals surface area contributed by atoms with Gasteiger partial charge in [0.25, 0.3) is 17.5 Å². The highest BCUT2D eigenvalue weighted by Gasteiger charge is 2.22. The van der Waals surface area contributed by atoms with Crippen LogP contribution in [0.25, 0.3) is 6.08 Å². The zero-order valence-corrected chi connectivity index (χ0v) is 20.4. The van der Waals surface area contributed by atoms with E-state index in [1.807, 2.05) is 0 Å². The van der Waals surface area contributed by atoms with Gasteiger partial charge in [0.15, 0.2) is 11.5 Å². The molecule has 0 fully saturated rings. The summed E-state index contributed by atoms with van der Waals surface area (Å²) in [5.74, 6) is -0.821. The number of halogens is 1. The van der Waals surface area contributed by atoms with Crippen LogP contribution in [0.1, 0.15) is 15.9 Å². The number of carbonyl (C=O) groups excluding carboxylic acids is 2. The van der Waals surface area contributed by atoms with E-state index >= 15 is 0 Å². The number of nitrogens with one attached hydrogen (secondary N) is 2. The quantitative estimate of drug-likeness (QED) is 0.176. The smallest absolute Gasteiger partial charge is 0.280 e. The lowest BCUT2D eigenvalue weighted by atomic mass is 10.1. The molecule has 0 atom stereocenters. The topological polar surface area (TPSA) is 120 Å². The van der Waals surface area contributed by atoms with Gasteiger partial charge < -0.3 is 20.1 Å². The monoisotopic (exact) mass is 573 g/mol. The van der Waals surface area contributed by atoms with Gasteiger partial charge in [0.1, 0.15) is 5.70 Å². The molecule has 0 saturated carbocycles. The third kappa shape index (κ3) is 6.10. The molecule has 0 aliphatic heterocycles. The van der Waals surface area contributed by atoms with Crippen molar-refractivity contribution in [2.45, 2.75) is 0 Å². The molecule has 0 unspecified atom stereocenters. The summed E-state index contributed by atoms with van der Waals surface area (Å²) in [5.41, 5.74) is 0.335. The van der Waals surface area contributed by atoms with Crippen LogP contribution in [0.2, 0.25) is 0 Å². The lowest BCUT2D eigenvalue weighted by molar-refractivity contribution is -0.385. The standard InChI is InChI=1S/C24H20IN3O6/c1-33-21-13-16(20(28(31)32)14-22(21)34-2)12-19(27-23(29)15-6-4-3-5-7-15)24(30)26-18-10-8-17(25)9-11-18/h3-14H,1-2H3,(H,26,30)(H,27,29). The summed E-state index contributed by atoms with van der Waals surface area (Å²) in [6.07, 6.45) is 1.23. The number of carbonyl (C=O) groups is 2. The molecule has 0 radical (unpaired) electrons. The number of ether oxygens (including phenoxy) is 2. The molecule has 9 nitrogen and oxygen atoms in total. The molecular formula is C24H20IN3O6. The molecule has 0 heterocycles. The summed E-state index contributed by atoms with van der Waals surface area (Å²) >= 11 is 2.14. The third-order valence-electron chi connectivity index (χ3n) is 4.66. The molecule has 10 heteroatoms. The predicted molar refractivity (Wildman–Crippen MR) is 136 cm³/mol. The molecule has 174 valence electrons. The molecule has 0 saturated heterocycles. The average Bonchev–Trinajstić information content (AvgIpc) is 2.84. The van der Waals surface area contributed by atoms with Crippen LogP contribution < -0.4 is 20.1 Å². The zero-order valence-electron chi connectivity index (χ0n) is 18.2. The van der Waals surface area contributed by atoms with E-state index in [2.05, 4.69) is 33.2 Å². The van der Waals surface area contributed by atoms with Gasteiger partial charge in [-0.15, -0.1) is 0 Å². The van der Waals surface area contributed by atoms with E-state index in [9.17, 15) is 19.7 Å². The van der Waals surface area contributed by atoms with Crippen LogP contribution in [-0.2, 0) is 4.79 Å². The highest BCUT2D eigenvalue weighted by atomic mass is 127. The summed E-state index contributed by atoms with van der Waals surface area (Å²) in [4.78, 5) is 37.0. The number of methoxy groups -OCH3 is 2. The van der Waals surface area contributed by atoms with Gasteiger partial charge in [-0.25, -0.2) is 0 Å². The normalized spacial score (nSPS) is 10.9.